The molecule has 0 saturated carbocycles. The van der Waals surface area contributed by atoms with Gasteiger partial charge in [-0.3, -0.25) is 9.52 Å². The Labute approximate surface area is 178 Å². The van der Waals surface area contributed by atoms with Crippen LogP contribution in [0, 0.1) is 0 Å². The van der Waals surface area contributed by atoms with Crippen LogP contribution in [-0.4, -0.2) is 31.2 Å². The molecule has 0 saturated heterocycles. The highest BCUT2D eigenvalue weighted by atomic mass is 32.2. The Kier molecular flexibility index (Phi) is 6.76. The van der Waals surface area contributed by atoms with Crippen molar-refractivity contribution in [1.29, 1.82) is 0 Å². The van der Waals surface area contributed by atoms with Crippen molar-refractivity contribution in [3.05, 3.63) is 84.4 Å². The van der Waals surface area contributed by atoms with Crippen molar-refractivity contribution in [2.75, 3.05) is 15.8 Å². The number of carbonyl (C=O) groups excluding carboxylic acids is 1. The molecule has 0 aromatic heterocycles. The third-order valence-corrected chi connectivity index (χ3v) is 6.33. The summed E-state index contributed by atoms with van der Waals surface area (Å²) in [5.41, 5.74) is 0.915. The minimum Gasteiger partial charge on any atom is -0.478 e. The summed E-state index contributed by atoms with van der Waals surface area (Å²) in [6.45, 7) is 0. The molecule has 0 bridgehead atoms. The molecule has 0 radical (unpaired) electrons. The summed E-state index contributed by atoms with van der Waals surface area (Å²) < 4.78 is 27.2. The minimum atomic E-state index is -3.66. The van der Waals surface area contributed by atoms with Crippen molar-refractivity contribution in [3.63, 3.8) is 0 Å². The number of carbonyl (C=O) groups is 2. The first-order valence-corrected chi connectivity index (χ1v) is 11.2. The monoisotopic (exact) mass is 442 g/mol. The number of aromatic carboxylic acids is 1. The van der Waals surface area contributed by atoms with Crippen LogP contribution in [0.25, 0.3) is 0 Å². The van der Waals surface area contributed by atoms with Gasteiger partial charge in [0.05, 0.1) is 16.2 Å². The Morgan fingerprint density at radius 2 is 1.57 bits per heavy atom. The van der Waals surface area contributed by atoms with Crippen LogP contribution in [-0.2, 0) is 14.8 Å². The van der Waals surface area contributed by atoms with Gasteiger partial charge >= 0.3 is 5.97 Å². The summed E-state index contributed by atoms with van der Waals surface area (Å²) >= 11 is 1.28. The number of hydrogen-bond acceptors (Lipinski definition) is 5. The molecule has 0 aliphatic heterocycles. The Morgan fingerprint density at radius 3 is 2.23 bits per heavy atom. The number of carboxylic acids is 1. The van der Waals surface area contributed by atoms with Crippen LogP contribution in [0.4, 0.5) is 11.4 Å². The first kappa shape index (κ1) is 21.4. The Bertz CT molecular complexity index is 1150. The highest BCUT2D eigenvalue weighted by Crippen LogP contribution is 2.22. The molecule has 9 heteroatoms. The average molecular weight is 443 g/mol. The summed E-state index contributed by atoms with van der Waals surface area (Å²) in [7, 11) is -3.66. The normalized spacial score (nSPS) is 10.9. The standard InChI is InChI=1S/C21H18N2O5S2/c24-20(22-17-6-4-5-15(13-17)21(25)26)14-29-18-11-9-16(10-12-18)23-30(27,28)19-7-2-1-3-8-19/h1-13,23H,14H2,(H,22,24)(H,25,26). The molecule has 0 spiro atoms. The van der Waals surface area contributed by atoms with Crippen LogP contribution in [0.15, 0.2) is 88.7 Å². The third-order valence-electron chi connectivity index (χ3n) is 3.92. The van der Waals surface area contributed by atoms with Crippen LogP contribution in [0.3, 0.4) is 0 Å². The number of rotatable bonds is 8. The number of hydrogen-bond donors (Lipinski definition) is 3. The molecule has 0 atom stereocenters. The SMILES string of the molecule is O=C(CSc1ccc(NS(=O)(=O)c2ccccc2)cc1)Nc1cccc(C(=O)O)c1. The van der Waals surface area contributed by atoms with Gasteiger partial charge in [-0.05, 0) is 54.6 Å². The summed E-state index contributed by atoms with van der Waals surface area (Å²) in [6.07, 6.45) is 0. The van der Waals surface area contributed by atoms with Crippen LogP contribution in [0.5, 0.6) is 0 Å². The lowest BCUT2D eigenvalue weighted by Gasteiger charge is -2.09. The maximum atomic E-state index is 12.3. The molecule has 3 rings (SSSR count). The maximum absolute atomic E-state index is 12.3. The number of thioether (sulfide) groups is 1. The number of nitrogens with one attached hydrogen (secondary N) is 2. The molecule has 3 aromatic carbocycles. The number of anilines is 2. The van der Waals surface area contributed by atoms with E-state index in [0.29, 0.717) is 11.4 Å². The highest BCUT2D eigenvalue weighted by molar-refractivity contribution is 8.00. The lowest BCUT2D eigenvalue weighted by Crippen LogP contribution is -2.14. The smallest absolute Gasteiger partial charge is 0.335 e. The lowest BCUT2D eigenvalue weighted by atomic mass is 10.2. The molecule has 0 aliphatic carbocycles. The first-order chi connectivity index (χ1) is 14.3. The Balaban J connectivity index is 1.55. The summed E-state index contributed by atoms with van der Waals surface area (Å²) in [5.74, 6) is -1.23. The zero-order chi connectivity index (χ0) is 21.6. The van der Waals surface area contributed by atoms with Gasteiger partial charge in [0.1, 0.15) is 0 Å². The predicted molar refractivity (Wildman–Crippen MR) is 116 cm³/mol. The lowest BCUT2D eigenvalue weighted by molar-refractivity contribution is -0.113. The van der Waals surface area contributed by atoms with E-state index in [1.165, 1.54) is 36.0 Å². The topological polar surface area (TPSA) is 113 Å². The van der Waals surface area contributed by atoms with E-state index in [-0.39, 0.29) is 22.1 Å². The number of carboxylic acid groups (broad SMARTS) is 1. The van der Waals surface area contributed by atoms with E-state index in [0.717, 1.165) is 4.90 Å². The molecule has 3 N–H and O–H groups in total. The fourth-order valence-electron chi connectivity index (χ4n) is 2.51. The van der Waals surface area contributed by atoms with Gasteiger partial charge in [0.2, 0.25) is 5.91 Å². The number of amides is 1. The number of sulfonamides is 1. The molecule has 0 heterocycles. The van der Waals surface area contributed by atoms with E-state index in [2.05, 4.69) is 10.0 Å². The molecule has 0 aliphatic rings. The minimum absolute atomic E-state index is 0.0917. The largest absolute Gasteiger partial charge is 0.478 e. The van der Waals surface area contributed by atoms with Crippen LogP contribution in [0.1, 0.15) is 10.4 Å². The van der Waals surface area contributed by atoms with Gasteiger partial charge in [-0.1, -0.05) is 24.3 Å². The van der Waals surface area contributed by atoms with Crippen molar-refractivity contribution in [3.8, 4) is 0 Å². The summed E-state index contributed by atoms with van der Waals surface area (Å²) in [4.78, 5) is 24.0. The van der Waals surface area contributed by atoms with Crippen LogP contribution in [0.2, 0.25) is 0 Å². The average Bonchev–Trinajstić information content (AvgIpc) is 2.74. The van der Waals surface area contributed by atoms with Gasteiger partial charge < -0.3 is 10.4 Å². The predicted octanol–water partition coefficient (Wildman–Crippen LogP) is 3.92. The Morgan fingerprint density at radius 1 is 0.867 bits per heavy atom. The van der Waals surface area contributed by atoms with Gasteiger partial charge in [-0.25, -0.2) is 13.2 Å². The van der Waals surface area contributed by atoms with E-state index in [4.69, 9.17) is 5.11 Å². The van der Waals surface area contributed by atoms with Crippen LogP contribution < -0.4 is 10.0 Å². The molecule has 3 aromatic rings. The van der Waals surface area contributed by atoms with Gasteiger partial charge in [0, 0.05) is 16.3 Å². The second-order valence-corrected chi connectivity index (χ2v) is 8.90. The van der Waals surface area contributed by atoms with E-state index >= 15 is 0 Å². The van der Waals surface area contributed by atoms with E-state index in [1.807, 2.05) is 0 Å². The molecule has 0 unspecified atom stereocenters. The molecule has 0 fully saturated rings. The molecular formula is C21H18N2O5S2. The van der Waals surface area contributed by atoms with Crippen molar-refractivity contribution in [2.45, 2.75) is 9.79 Å². The third kappa shape index (κ3) is 5.85. The van der Waals surface area contributed by atoms with E-state index in [9.17, 15) is 18.0 Å². The molecule has 1 amide bonds. The van der Waals surface area contributed by atoms with Crippen LogP contribution >= 0.6 is 11.8 Å². The zero-order valence-corrected chi connectivity index (χ0v) is 17.2. The quantitative estimate of drug-likeness (QED) is 0.456. The van der Waals surface area contributed by atoms with Gasteiger partial charge in [-0.15, -0.1) is 11.8 Å². The van der Waals surface area contributed by atoms with E-state index < -0.39 is 16.0 Å². The Hall–Kier alpha value is -3.30. The van der Waals surface area contributed by atoms with Crippen molar-refractivity contribution >= 4 is 45.0 Å². The fraction of sp³-hybridized carbons (Fsp3) is 0.0476. The summed E-state index contributed by atoms with van der Waals surface area (Å²) in [5, 5.41) is 11.6. The van der Waals surface area contributed by atoms with Gasteiger partial charge in [0.15, 0.2) is 0 Å². The molecule has 7 nitrogen and oxygen atoms in total. The van der Waals surface area contributed by atoms with Crippen molar-refractivity contribution in [1.82, 2.24) is 0 Å². The number of benzene rings is 3. The first-order valence-electron chi connectivity index (χ1n) is 8.77. The molecule has 154 valence electrons. The van der Waals surface area contributed by atoms with Crippen molar-refractivity contribution in [2.24, 2.45) is 0 Å². The summed E-state index contributed by atoms with van der Waals surface area (Å²) in [6, 6.07) is 20.7. The second kappa shape index (κ2) is 9.47. The molecular weight excluding hydrogens is 424 g/mol. The zero-order valence-electron chi connectivity index (χ0n) is 15.6. The maximum Gasteiger partial charge on any atom is 0.335 e. The highest BCUT2D eigenvalue weighted by Gasteiger charge is 2.13. The van der Waals surface area contributed by atoms with Crippen molar-refractivity contribution < 1.29 is 23.1 Å². The van der Waals surface area contributed by atoms with Gasteiger partial charge in [-0.2, -0.15) is 0 Å². The fourth-order valence-corrected chi connectivity index (χ4v) is 4.29. The second-order valence-electron chi connectivity index (χ2n) is 6.17. The van der Waals surface area contributed by atoms with E-state index in [1.54, 1.807) is 54.6 Å². The van der Waals surface area contributed by atoms with Gasteiger partial charge in [0.25, 0.3) is 10.0 Å². The molecule has 30 heavy (non-hydrogen) atoms.